The number of aryl methyl sites for hydroxylation is 1. The van der Waals surface area contributed by atoms with E-state index in [1.54, 1.807) is 10.9 Å². The van der Waals surface area contributed by atoms with Crippen LogP contribution in [0.1, 0.15) is 32.0 Å². The molecule has 0 aromatic carbocycles. The number of rotatable bonds is 5. The summed E-state index contributed by atoms with van der Waals surface area (Å²) in [4.78, 5) is 2.15. The molecule has 0 bridgehead atoms. The van der Waals surface area contributed by atoms with Gasteiger partial charge in [0, 0.05) is 12.6 Å². The molecule has 1 aromatic heterocycles. The van der Waals surface area contributed by atoms with Crippen LogP contribution >= 0.6 is 11.6 Å². The topological polar surface area (TPSA) is 59.1 Å². The average molecular weight is 260 g/mol. The van der Waals surface area contributed by atoms with Crippen molar-refractivity contribution in [3.05, 3.63) is 16.9 Å². The Bertz CT molecular complexity index is 356. The summed E-state index contributed by atoms with van der Waals surface area (Å²) in [5.74, 6) is 5.72. The number of likely N-dealkylation sites (N-methyl/N-ethyl adjacent to an activating group) is 1. The Kier molecular flexibility index (Phi) is 4.55. The summed E-state index contributed by atoms with van der Waals surface area (Å²) < 4.78 is 1.77. The highest BCUT2D eigenvalue weighted by Gasteiger charge is 2.38. The first-order valence-corrected chi connectivity index (χ1v) is 6.07. The molecular weight excluding hydrogens is 238 g/mol. The molecule has 3 N–H and O–H groups in total. The fourth-order valence-electron chi connectivity index (χ4n) is 2.08. The Morgan fingerprint density at radius 1 is 1.65 bits per heavy atom. The van der Waals surface area contributed by atoms with Crippen molar-refractivity contribution < 1.29 is 0 Å². The summed E-state index contributed by atoms with van der Waals surface area (Å²) in [5.41, 5.74) is 3.65. The number of nitrogens with two attached hydrogens (primary N) is 1. The molecular formula is C11H22ClN5. The van der Waals surface area contributed by atoms with E-state index >= 15 is 0 Å². The van der Waals surface area contributed by atoms with E-state index in [1.807, 2.05) is 21.1 Å². The number of nitrogens with zero attached hydrogens (tertiary/aromatic N) is 3. The second kappa shape index (κ2) is 5.35. The molecule has 2 atom stereocenters. The van der Waals surface area contributed by atoms with Gasteiger partial charge in [0.2, 0.25) is 0 Å². The molecule has 2 unspecified atom stereocenters. The molecule has 1 heterocycles. The predicted molar refractivity (Wildman–Crippen MR) is 70.7 cm³/mol. The average Bonchev–Trinajstić information content (AvgIpc) is 2.61. The lowest BCUT2D eigenvalue weighted by atomic mass is 9.86. The molecule has 6 heteroatoms. The van der Waals surface area contributed by atoms with Crippen LogP contribution in [0.4, 0.5) is 0 Å². The van der Waals surface area contributed by atoms with E-state index < -0.39 is 0 Å². The van der Waals surface area contributed by atoms with E-state index in [0.29, 0.717) is 5.02 Å². The van der Waals surface area contributed by atoms with Crippen LogP contribution in [0.2, 0.25) is 5.02 Å². The third-order valence-corrected chi connectivity index (χ3v) is 4.03. The van der Waals surface area contributed by atoms with Crippen molar-refractivity contribution >= 4 is 11.6 Å². The van der Waals surface area contributed by atoms with Gasteiger partial charge in [0.25, 0.3) is 0 Å². The van der Waals surface area contributed by atoms with Crippen molar-refractivity contribution in [2.24, 2.45) is 12.9 Å². The van der Waals surface area contributed by atoms with E-state index in [0.717, 1.165) is 12.1 Å². The fraction of sp³-hybridized carbons (Fsp3) is 0.727. The largest absolute Gasteiger partial charge is 0.302 e. The molecule has 0 fully saturated rings. The summed E-state index contributed by atoms with van der Waals surface area (Å²) in [5, 5.41) is 4.80. The summed E-state index contributed by atoms with van der Waals surface area (Å²) in [7, 11) is 5.95. The van der Waals surface area contributed by atoms with Gasteiger partial charge in [-0.25, -0.2) is 5.43 Å². The number of halogens is 1. The quantitative estimate of drug-likeness (QED) is 0.618. The highest BCUT2D eigenvalue weighted by Crippen LogP contribution is 2.35. The van der Waals surface area contributed by atoms with E-state index in [9.17, 15) is 0 Å². The second-order valence-corrected chi connectivity index (χ2v) is 5.11. The summed E-state index contributed by atoms with van der Waals surface area (Å²) in [6, 6.07) is -0.0810. The van der Waals surface area contributed by atoms with Crippen LogP contribution in [0.15, 0.2) is 6.20 Å². The molecule has 5 nitrogen and oxygen atoms in total. The van der Waals surface area contributed by atoms with Crippen LogP contribution in [-0.4, -0.2) is 34.3 Å². The fourth-order valence-corrected chi connectivity index (χ4v) is 2.35. The summed E-state index contributed by atoms with van der Waals surface area (Å²) in [6.45, 7) is 4.29. The van der Waals surface area contributed by atoms with Crippen molar-refractivity contribution in [1.82, 2.24) is 20.1 Å². The second-order valence-electron chi connectivity index (χ2n) is 4.71. The van der Waals surface area contributed by atoms with Gasteiger partial charge >= 0.3 is 0 Å². The number of nitrogens with one attached hydrogen (secondary N) is 1. The summed E-state index contributed by atoms with van der Waals surface area (Å²) in [6.07, 6.45) is 2.59. The predicted octanol–water partition coefficient (Wildman–Crippen LogP) is 1.31. The number of aromatic nitrogens is 2. The Morgan fingerprint density at radius 3 is 2.53 bits per heavy atom. The van der Waals surface area contributed by atoms with Gasteiger partial charge in [0.05, 0.1) is 23.0 Å². The molecule has 0 aliphatic heterocycles. The molecule has 1 aromatic rings. The van der Waals surface area contributed by atoms with Crippen molar-refractivity contribution in [1.29, 1.82) is 0 Å². The third-order valence-electron chi connectivity index (χ3n) is 3.74. The van der Waals surface area contributed by atoms with Crippen LogP contribution in [-0.2, 0) is 7.05 Å². The lowest BCUT2D eigenvalue weighted by Crippen LogP contribution is -2.53. The molecule has 0 saturated carbocycles. The maximum Gasteiger partial charge on any atom is 0.0835 e. The van der Waals surface area contributed by atoms with E-state index in [-0.39, 0.29) is 11.6 Å². The standard InChI is InChI=1S/C11H22ClN5/c1-6-11(2,16(3)4)10(15-13)9-8(12)7-14-17(9)5/h7,10,15H,6,13H2,1-5H3. The molecule has 0 amide bonds. The zero-order valence-corrected chi connectivity index (χ0v) is 11.9. The lowest BCUT2D eigenvalue weighted by Gasteiger charge is -2.42. The Morgan fingerprint density at radius 2 is 2.24 bits per heavy atom. The van der Waals surface area contributed by atoms with Gasteiger partial charge in [-0.3, -0.25) is 10.5 Å². The van der Waals surface area contributed by atoms with Crippen molar-refractivity contribution in [3.8, 4) is 0 Å². The number of hydrogen-bond donors (Lipinski definition) is 2. The first kappa shape index (κ1) is 14.4. The zero-order valence-electron chi connectivity index (χ0n) is 11.2. The maximum absolute atomic E-state index is 6.19. The number of hydrogen-bond acceptors (Lipinski definition) is 4. The van der Waals surface area contributed by atoms with Crippen LogP contribution in [0.25, 0.3) is 0 Å². The first-order chi connectivity index (χ1) is 7.88. The van der Waals surface area contributed by atoms with Gasteiger partial charge in [-0.2, -0.15) is 5.10 Å². The molecule has 0 spiro atoms. The minimum Gasteiger partial charge on any atom is -0.302 e. The van der Waals surface area contributed by atoms with Gasteiger partial charge in [-0.1, -0.05) is 18.5 Å². The van der Waals surface area contributed by atoms with E-state index in [4.69, 9.17) is 17.4 Å². The summed E-state index contributed by atoms with van der Waals surface area (Å²) >= 11 is 6.19. The van der Waals surface area contributed by atoms with Gasteiger partial charge < -0.3 is 4.90 Å². The van der Waals surface area contributed by atoms with Gasteiger partial charge in [0.1, 0.15) is 0 Å². The van der Waals surface area contributed by atoms with Crippen molar-refractivity contribution in [2.45, 2.75) is 31.8 Å². The van der Waals surface area contributed by atoms with Crippen LogP contribution in [0.5, 0.6) is 0 Å². The zero-order chi connectivity index (χ0) is 13.2. The minimum atomic E-state index is -0.133. The molecule has 17 heavy (non-hydrogen) atoms. The molecule has 0 aliphatic rings. The van der Waals surface area contributed by atoms with E-state index in [1.165, 1.54) is 0 Å². The Balaban J connectivity index is 3.24. The van der Waals surface area contributed by atoms with Gasteiger partial charge in [-0.15, -0.1) is 0 Å². The monoisotopic (exact) mass is 259 g/mol. The molecule has 0 radical (unpaired) electrons. The normalized spacial score (nSPS) is 17.2. The smallest absolute Gasteiger partial charge is 0.0835 e. The van der Waals surface area contributed by atoms with Crippen molar-refractivity contribution in [3.63, 3.8) is 0 Å². The highest BCUT2D eigenvalue weighted by atomic mass is 35.5. The highest BCUT2D eigenvalue weighted by molar-refractivity contribution is 6.31. The molecule has 1 rings (SSSR count). The molecule has 98 valence electrons. The van der Waals surface area contributed by atoms with Crippen molar-refractivity contribution in [2.75, 3.05) is 14.1 Å². The van der Waals surface area contributed by atoms with Crippen LogP contribution in [0.3, 0.4) is 0 Å². The van der Waals surface area contributed by atoms with Crippen LogP contribution < -0.4 is 11.3 Å². The SMILES string of the molecule is CCC(C)(C(NN)c1c(Cl)cnn1C)N(C)C. The first-order valence-electron chi connectivity index (χ1n) is 5.69. The molecule has 0 aliphatic carbocycles. The minimum absolute atomic E-state index is 0.0810. The Hall–Kier alpha value is -0.620. The third kappa shape index (κ3) is 2.47. The van der Waals surface area contributed by atoms with Gasteiger partial charge in [-0.05, 0) is 27.4 Å². The van der Waals surface area contributed by atoms with Gasteiger partial charge in [0.15, 0.2) is 0 Å². The van der Waals surface area contributed by atoms with E-state index in [2.05, 4.69) is 29.3 Å². The lowest BCUT2D eigenvalue weighted by molar-refractivity contribution is 0.109. The maximum atomic E-state index is 6.19. The van der Waals surface area contributed by atoms with Crippen LogP contribution in [0, 0.1) is 0 Å². The number of hydrazine groups is 1. The Labute approximate surface area is 108 Å². The molecule has 0 saturated heterocycles.